The number of amides is 1. The molecule has 0 spiro atoms. The van der Waals surface area contributed by atoms with E-state index >= 15 is 0 Å². The second-order valence-corrected chi connectivity index (χ2v) is 6.27. The van der Waals surface area contributed by atoms with Gasteiger partial charge in [0.2, 0.25) is 0 Å². The number of pyridine rings is 1. The summed E-state index contributed by atoms with van der Waals surface area (Å²) in [6, 6.07) is 5.71. The first-order chi connectivity index (χ1) is 10.5. The lowest BCUT2D eigenvalue weighted by atomic mass is 10.1. The van der Waals surface area contributed by atoms with Crippen molar-refractivity contribution in [3.05, 3.63) is 41.3 Å². The van der Waals surface area contributed by atoms with Crippen molar-refractivity contribution in [2.45, 2.75) is 25.1 Å². The molecule has 2 atom stereocenters. The summed E-state index contributed by atoms with van der Waals surface area (Å²) in [7, 11) is 0. The maximum absolute atomic E-state index is 13.3. The van der Waals surface area contributed by atoms with Gasteiger partial charge in [-0.3, -0.25) is 9.78 Å². The molecule has 0 aliphatic rings. The number of rotatable bonds is 5. The fourth-order valence-corrected chi connectivity index (χ4v) is 2.96. The number of aryl methyl sites for hydroxylation is 1. The Morgan fingerprint density at radius 2 is 2.18 bits per heavy atom. The summed E-state index contributed by atoms with van der Waals surface area (Å²) >= 11 is 1.50. The molecule has 0 fully saturated rings. The Hall–Kier alpha value is -1.66. The molecular weight excluding hydrogens is 303 g/mol. The first kappa shape index (κ1) is 16.7. The summed E-state index contributed by atoms with van der Waals surface area (Å²) in [5.41, 5.74) is 1.58. The quantitative estimate of drug-likeness (QED) is 0.888. The van der Waals surface area contributed by atoms with E-state index in [4.69, 9.17) is 0 Å². The van der Waals surface area contributed by atoms with Crippen LogP contribution in [-0.2, 0) is 0 Å². The topological polar surface area (TPSA) is 62.2 Å². The summed E-state index contributed by atoms with van der Waals surface area (Å²) in [4.78, 5) is 16.8. The van der Waals surface area contributed by atoms with Crippen LogP contribution in [0.1, 0.15) is 23.0 Å². The van der Waals surface area contributed by atoms with Crippen molar-refractivity contribution in [3.63, 3.8) is 0 Å². The highest BCUT2D eigenvalue weighted by Gasteiger charge is 2.20. The summed E-state index contributed by atoms with van der Waals surface area (Å²) in [6.45, 7) is 3.61. The molecule has 0 saturated carbocycles. The average Bonchev–Trinajstić information content (AvgIpc) is 2.47. The molecule has 6 heteroatoms. The van der Waals surface area contributed by atoms with Gasteiger partial charge in [0.25, 0.3) is 5.91 Å². The number of aromatic nitrogens is 1. The lowest BCUT2D eigenvalue weighted by Crippen LogP contribution is -2.41. The number of carbonyl (C=O) groups is 1. The zero-order valence-corrected chi connectivity index (χ0v) is 13.6. The second kappa shape index (κ2) is 7.07. The second-order valence-electron chi connectivity index (χ2n) is 5.19. The van der Waals surface area contributed by atoms with Gasteiger partial charge in [-0.1, -0.05) is 0 Å². The van der Waals surface area contributed by atoms with Crippen LogP contribution in [0, 0.1) is 12.7 Å². The van der Waals surface area contributed by atoms with E-state index in [-0.39, 0.29) is 29.6 Å². The Morgan fingerprint density at radius 1 is 1.45 bits per heavy atom. The van der Waals surface area contributed by atoms with E-state index in [0.29, 0.717) is 22.2 Å². The molecule has 2 rings (SSSR count). The zero-order chi connectivity index (χ0) is 16.3. The number of hydrogen-bond acceptors (Lipinski definition) is 4. The highest BCUT2D eigenvalue weighted by molar-refractivity contribution is 7.99. The van der Waals surface area contributed by atoms with Gasteiger partial charge in [0.15, 0.2) is 0 Å². The SMILES string of the molecule is CSC(CO)C(C)NC(=O)c1cc(C)nc2cc(F)ccc12. The number of thioether (sulfide) groups is 1. The number of nitrogens with one attached hydrogen (secondary N) is 1. The first-order valence-corrected chi connectivity index (χ1v) is 8.26. The van der Waals surface area contributed by atoms with Gasteiger partial charge in [-0.05, 0) is 38.3 Å². The van der Waals surface area contributed by atoms with Gasteiger partial charge in [0.1, 0.15) is 5.82 Å². The van der Waals surface area contributed by atoms with E-state index in [1.165, 1.54) is 23.9 Å². The van der Waals surface area contributed by atoms with Crippen LogP contribution in [0.15, 0.2) is 24.3 Å². The molecule has 0 bridgehead atoms. The third-order valence-electron chi connectivity index (χ3n) is 3.54. The summed E-state index contributed by atoms with van der Waals surface area (Å²) in [6.07, 6.45) is 1.89. The molecule has 2 unspecified atom stereocenters. The summed E-state index contributed by atoms with van der Waals surface area (Å²) < 4.78 is 13.3. The van der Waals surface area contributed by atoms with Crippen LogP contribution in [0.3, 0.4) is 0 Å². The van der Waals surface area contributed by atoms with Crippen LogP contribution in [0.25, 0.3) is 10.9 Å². The molecule has 118 valence electrons. The van der Waals surface area contributed by atoms with Gasteiger partial charge in [-0.15, -0.1) is 0 Å². The van der Waals surface area contributed by atoms with Crippen molar-refractivity contribution < 1.29 is 14.3 Å². The van der Waals surface area contributed by atoms with E-state index in [9.17, 15) is 14.3 Å². The number of aliphatic hydroxyl groups excluding tert-OH is 1. The largest absolute Gasteiger partial charge is 0.395 e. The van der Waals surface area contributed by atoms with Crippen molar-refractivity contribution in [1.29, 1.82) is 0 Å². The highest BCUT2D eigenvalue weighted by Crippen LogP contribution is 2.20. The molecule has 1 amide bonds. The van der Waals surface area contributed by atoms with Crippen molar-refractivity contribution in [1.82, 2.24) is 10.3 Å². The van der Waals surface area contributed by atoms with Crippen LogP contribution in [-0.4, -0.2) is 40.2 Å². The van der Waals surface area contributed by atoms with Crippen molar-refractivity contribution in [3.8, 4) is 0 Å². The maximum atomic E-state index is 13.3. The predicted octanol–water partition coefficient (Wildman–Crippen LogP) is 2.52. The number of nitrogens with zero attached hydrogens (tertiary/aromatic N) is 1. The Kier molecular flexibility index (Phi) is 5.37. The number of hydrogen-bond donors (Lipinski definition) is 2. The van der Waals surface area contributed by atoms with Crippen molar-refractivity contribution in [2.75, 3.05) is 12.9 Å². The molecule has 1 aromatic carbocycles. The van der Waals surface area contributed by atoms with E-state index in [2.05, 4.69) is 10.3 Å². The smallest absolute Gasteiger partial charge is 0.252 e. The lowest BCUT2D eigenvalue weighted by Gasteiger charge is -2.21. The van der Waals surface area contributed by atoms with E-state index in [0.717, 1.165) is 0 Å². The normalized spacial score (nSPS) is 13.9. The molecule has 0 aliphatic carbocycles. The minimum atomic E-state index is -0.381. The van der Waals surface area contributed by atoms with Gasteiger partial charge in [-0.2, -0.15) is 11.8 Å². The Balaban J connectivity index is 2.35. The van der Waals surface area contributed by atoms with Crippen LogP contribution in [0.4, 0.5) is 4.39 Å². The molecule has 1 heterocycles. The number of fused-ring (bicyclic) bond motifs is 1. The minimum Gasteiger partial charge on any atom is -0.395 e. The van der Waals surface area contributed by atoms with E-state index in [1.807, 2.05) is 13.2 Å². The third kappa shape index (κ3) is 3.56. The minimum absolute atomic E-state index is 0.00997. The zero-order valence-electron chi connectivity index (χ0n) is 12.8. The van der Waals surface area contributed by atoms with Gasteiger partial charge >= 0.3 is 0 Å². The van der Waals surface area contributed by atoms with Crippen LogP contribution in [0.2, 0.25) is 0 Å². The number of aliphatic hydroxyl groups is 1. The summed E-state index contributed by atoms with van der Waals surface area (Å²) in [5, 5.41) is 12.7. The van der Waals surface area contributed by atoms with Gasteiger partial charge in [0.05, 0.1) is 17.7 Å². The van der Waals surface area contributed by atoms with E-state index < -0.39 is 0 Å². The highest BCUT2D eigenvalue weighted by atomic mass is 32.2. The molecular formula is C16H19FN2O2S. The molecule has 0 aliphatic heterocycles. The fraction of sp³-hybridized carbons (Fsp3) is 0.375. The monoisotopic (exact) mass is 322 g/mol. The van der Waals surface area contributed by atoms with Gasteiger partial charge < -0.3 is 10.4 Å². The standard InChI is InChI=1S/C16H19FN2O2S/c1-9-6-13(12-5-4-11(17)7-14(12)18-9)16(21)19-10(2)15(8-20)22-3/h4-7,10,15,20H,8H2,1-3H3,(H,19,21). The Labute approximate surface area is 133 Å². The maximum Gasteiger partial charge on any atom is 0.252 e. The average molecular weight is 322 g/mol. The Morgan fingerprint density at radius 3 is 2.82 bits per heavy atom. The van der Waals surface area contributed by atoms with Crippen LogP contribution >= 0.6 is 11.8 Å². The van der Waals surface area contributed by atoms with Crippen LogP contribution in [0.5, 0.6) is 0 Å². The first-order valence-electron chi connectivity index (χ1n) is 6.97. The molecule has 22 heavy (non-hydrogen) atoms. The van der Waals surface area contributed by atoms with Crippen molar-refractivity contribution in [2.24, 2.45) is 0 Å². The fourth-order valence-electron chi connectivity index (χ4n) is 2.34. The number of halogens is 1. The molecule has 4 nitrogen and oxygen atoms in total. The summed E-state index contributed by atoms with van der Waals surface area (Å²) in [5.74, 6) is -0.629. The predicted molar refractivity (Wildman–Crippen MR) is 87.8 cm³/mol. The molecule has 2 N–H and O–H groups in total. The number of carbonyl (C=O) groups excluding carboxylic acids is 1. The molecule has 0 radical (unpaired) electrons. The van der Waals surface area contributed by atoms with Crippen LogP contribution < -0.4 is 5.32 Å². The molecule has 0 saturated heterocycles. The molecule has 2 aromatic rings. The lowest BCUT2D eigenvalue weighted by molar-refractivity contribution is 0.0937. The van der Waals surface area contributed by atoms with E-state index in [1.54, 1.807) is 19.1 Å². The molecule has 1 aromatic heterocycles. The number of benzene rings is 1. The van der Waals surface area contributed by atoms with Gasteiger partial charge in [0, 0.05) is 28.4 Å². The third-order valence-corrected chi connectivity index (χ3v) is 4.71. The van der Waals surface area contributed by atoms with Crippen molar-refractivity contribution >= 4 is 28.6 Å². The Bertz CT molecular complexity index is 684. The van der Waals surface area contributed by atoms with Gasteiger partial charge in [-0.25, -0.2) is 4.39 Å².